The molecule has 1 aliphatic heterocycles. The fourth-order valence-electron chi connectivity index (χ4n) is 3.60. The second kappa shape index (κ2) is 7.61. The number of nitrogens with zero attached hydrogens (tertiary/aromatic N) is 1. The predicted molar refractivity (Wildman–Crippen MR) is 80.3 cm³/mol. The van der Waals surface area contributed by atoms with Crippen LogP contribution in [-0.2, 0) is 4.74 Å². The molecule has 0 unspecified atom stereocenters. The van der Waals surface area contributed by atoms with Crippen molar-refractivity contribution in [2.24, 2.45) is 11.7 Å². The standard InChI is InChI=1S/C16H32N2O/c1-2-15-6-8-16(14-17,9-7-15)19-13-5-12-18-10-3-4-11-18/h15H,2-14,17H2,1H3. The van der Waals surface area contributed by atoms with Gasteiger partial charge in [0.25, 0.3) is 0 Å². The van der Waals surface area contributed by atoms with Gasteiger partial charge in [-0.3, -0.25) is 0 Å². The maximum absolute atomic E-state index is 6.22. The monoisotopic (exact) mass is 268 g/mol. The Morgan fingerprint density at radius 3 is 2.47 bits per heavy atom. The van der Waals surface area contributed by atoms with Crippen molar-refractivity contribution in [3.63, 3.8) is 0 Å². The maximum atomic E-state index is 6.22. The lowest BCUT2D eigenvalue weighted by molar-refractivity contribution is -0.0733. The van der Waals surface area contributed by atoms with E-state index in [2.05, 4.69) is 11.8 Å². The van der Waals surface area contributed by atoms with Crippen molar-refractivity contribution in [3.05, 3.63) is 0 Å². The molecule has 2 rings (SSSR count). The number of ether oxygens (including phenoxy) is 1. The summed E-state index contributed by atoms with van der Waals surface area (Å²) in [6.07, 6.45) is 10.2. The zero-order valence-electron chi connectivity index (χ0n) is 12.7. The molecule has 3 nitrogen and oxygen atoms in total. The number of rotatable bonds is 7. The van der Waals surface area contributed by atoms with Gasteiger partial charge in [0.1, 0.15) is 0 Å². The predicted octanol–water partition coefficient (Wildman–Crippen LogP) is 2.79. The maximum Gasteiger partial charge on any atom is 0.0804 e. The first-order valence-corrected chi connectivity index (χ1v) is 8.34. The van der Waals surface area contributed by atoms with Crippen LogP contribution in [0.3, 0.4) is 0 Å². The third kappa shape index (κ3) is 4.44. The molecule has 0 aromatic heterocycles. The molecule has 0 radical (unpaired) electrons. The quantitative estimate of drug-likeness (QED) is 0.722. The Hall–Kier alpha value is -0.120. The molecule has 1 aliphatic carbocycles. The van der Waals surface area contributed by atoms with Crippen molar-refractivity contribution in [1.82, 2.24) is 4.90 Å². The van der Waals surface area contributed by atoms with Gasteiger partial charge in [0.05, 0.1) is 5.60 Å². The third-order valence-corrected chi connectivity index (χ3v) is 5.19. The molecular weight excluding hydrogens is 236 g/mol. The SMILES string of the molecule is CCC1CCC(CN)(OCCCN2CCCC2)CC1. The summed E-state index contributed by atoms with van der Waals surface area (Å²) in [5, 5.41) is 0. The molecule has 2 fully saturated rings. The van der Waals surface area contributed by atoms with Crippen LogP contribution in [-0.4, -0.2) is 43.3 Å². The van der Waals surface area contributed by atoms with Gasteiger partial charge in [0.15, 0.2) is 0 Å². The zero-order valence-corrected chi connectivity index (χ0v) is 12.7. The van der Waals surface area contributed by atoms with Crippen LogP contribution in [0.5, 0.6) is 0 Å². The molecule has 0 aromatic carbocycles. The van der Waals surface area contributed by atoms with E-state index in [1.54, 1.807) is 0 Å². The summed E-state index contributed by atoms with van der Waals surface area (Å²) in [5.41, 5.74) is 6.00. The van der Waals surface area contributed by atoms with E-state index >= 15 is 0 Å². The van der Waals surface area contributed by atoms with Crippen LogP contribution in [0.25, 0.3) is 0 Å². The molecule has 3 heteroatoms. The minimum absolute atomic E-state index is 0.0106. The highest BCUT2D eigenvalue weighted by Crippen LogP contribution is 2.35. The molecule has 1 saturated heterocycles. The van der Waals surface area contributed by atoms with Crippen molar-refractivity contribution < 1.29 is 4.74 Å². The van der Waals surface area contributed by atoms with Crippen molar-refractivity contribution in [2.45, 2.75) is 63.9 Å². The number of hydrogen-bond acceptors (Lipinski definition) is 3. The Bertz CT molecular complexity index is 243. The van der Waals surface area contributed by atoms with Crippen LogP contribution < -0.4 is 5.73 Å². The second-order valence-corrected chi connectivity index (χ2v) is 6.49. The van der Waals surface area contributed by atoms with Crippen LogP contribution in [0.2, 0.25) is 0 Å². The van der Waals surface area contributed by atoms with E-state index in [-0.39, 0.29) is 5.60 Å². The Morgan fingerprint density at radius 2 is 1.89 bits per heavy atom. The summed E-state index contributed by atoms with van der Waals surface area (Å²) in [6, 6.07) is 0. The van der Waals surface area contributed by atoms with E-state index in [1.165, 1.54) is 71.0 Å². The molecular formula is C16H32N2O. The molecule has 0 bridgehead atoms. The number of likely N-dealkylation sites (tertiary alicyclic amines) is 1. The first-order chi connectivity index (χ1) is 9.28. The van der Waals surface area contributed by atoms with E-state index in [0.717, 1.165) is 12.5 Å². The molecule has 0 spiro atoms. The van der Waals surface area contributed by atoms with Gasteiger partial charge in [-0.05, 0) is 64.0 Å². The lowest BCUT2D eigenvalue weighted by Crippen LogP contribution is -2.44. The lowest BCUT2D eigenvalue weighted by atomic mass is 9.77. The van der Waals surface area contributed by atoms with Gasteiger partial charge in [-0.1, -0.05) is 13.3 Å². The second-order valence-electron chi connectivity index (χ2n) is 6.49. The largest absolute Gasteiger partial charge is 0.374 e. The Labute approximate surface area is 118 Å². The average molecular weight is 268 g/mol. The van der Waals surface area contributed by atoms with Crippen LogP contribution >= 0.6 is 0 Å². The highest BCUT2D eigenvalue weighted by atomic mass is 16.5. The van der Waals surface area contributed by atoms with Crippen LogP contribution in [0, 0.1) is 5.92 Å². The van der Waals surface area contributed by atoms with Crippen LogP contribution in [0.4, 0.5) is 0 Å². The first kappa shape index (κ1) is 15.3. The summed E-state index contributed by atoms with van der Waals surface area (Å²) in [5.74, 6) is 0.910. The summed E-state index contributed by atoms with van der Waals surface area (Å²) in [4.78, 5) is 2.56. The molecule has 2 N–H and O–H groups in total. The first-order valence-electron chi connectivity index (χ1n) is 8.34. The van der Waals surface area contributed by atoms with Crippen molar-refractivity contribution in [3.8, 4) is 0 Å². The summed E-state index contributed by atoms with van der Waals surface area (Å²) < 4.78 is 6.22. The minimum Gasteiger partial charge on any atom is -0.374 e. The third-order valence-electron chi connectivity index (χ3n) is 5.19. The normalized spacial score (nSPS) is 32.8. The highest BCUT2D eigenvalue weighted by Gasteiger charge is 2.34. The summed E-state index contributed by atoms with van der Waals surface area (Å²) in [6.45, 7) is 7.69. The van der Waals surface area contributed by atoms with E-state index in [4.69, 9.17) is 10.5 Å². The molecule has 1 heterocycles. The average Bonchev–Trinajstić information content (AvgIpc) is 2.97. The Kier molecular flexibility index (Phi) is 6.11. The smallest absolute Gasteiger partial charge is 0.0804 e. The highest BCUT2D eigenvalue weighted by molar-refractivity contribution is 4.88. The van der Waals surface area contributed by atoms with Gasteiger partial charge in [-0.2, -0.15) is 0 Å². The van der Waals surface area contributed by atoms with Crippen LogP contribution in [0.1, 0.15) is 58.3 Å². The fourth-order valence-corrected chi connectivity index (χ4v) is 3.60. The molecule has 0 amide bonds. The summed E-state index contributed by atoms with van der Waals surface area (Å²) >= 11 is 0. The van der Waals surface area contributed by atoms with Crippen molar-refractivity contribution in [1.29, 1.82) is 0 Å². The van der Waals surface area contributed by atoms with Gasteiger partial charge >= 0.3 is 0 Å². The van der Waals surface area contributed by atoms with Gasteiger partial charge < -0.3 is 15.4 Å². The topological polar surface area (TPSA) is 38.5 Å². The van der Waals surface area contributed by atoms with E-state index in [9.17, 15) is 0 Å². The Morgan fingerprint density at radius 1 is 1.21 bits per heavy atom. The number of hydrogen-bond donors (Lipinski definition) is 1. The van der Waals surface area contributed by atoms with Gasteiger partial charge in [0, 0.05) is 19.7 Å². The molecule has 112 valence electrons. The van der Waals surface area contributed by atoms with E-state index in [0.29, 0.717) is 6.54 Å². The Balaban J connectivity index is 1.64. The van der Waals surface area contributed by atoms with Crippen LogP contribution in [0.15, 0.2) is 0 Å². The lowest BCUT2D eigenvalue weighted by Gasteiger charge is -2.39. The molecule has 0 aromatic rings. The van der Waals surface area contributed by atoms with Gasteiger partial charge in [0.2, 0.25) is 0 Å². The molecule has 19 heavy (non-hydrogen) atoms. The van der Waals surface area contributed by atoms with Crippen molar-refractivity contribution in [2.75, 3.05) is 32.8 Å². The minimum atomic E-state index is 0.0106. The molecule has 2 aliphatic rings. The van der Waals surface area contributed by atoms with E-state index < -0.39 is 0 Å². The van der Waals surface area contributed by atoms with E-state index in [1.807, 2.05) is 0 Å². The fraction of sp³-hybridized carbons (Fsp3) is 1.00. The molecule has 0 atom stereocenters. The molecule has 1 saturated carbocycles. The van der Waals surface area contributed by atoms with Gasteiger partial charge in [-0.15, -0.1) is 0 Å². The van der Waals surface area contributed by atoms with Crippen molar-refractivity contribution >= 4 is 0 Å². The van der Waals surface area contributed by atoms with Gasteiger partial charge in [-0.25, -0.2) is 0 Å². The summed E-state index contributed by atoms with van der Waals surface area (Å²) in [7, 11) is 0. The number of nitrogens with two attached hydrogens (primary N) is 1. The zero-order chi connectivity index (χ0) is 13.6.